The van der Waals surface area contributed by atoms with Crippen LogP contribution in [0.1, 0.15) is 37.4 Å². The van der Waals surface area contributed by atoms with E-state index in [1.54, 1.807) is 0 Å². The number of nitrogens with zero attached hydrogens (tertiary/aromatic N) is 1. The quantitative estimate of drug-likeness (QED) is 0.514. The third kappa shape index (κ3) is 5.19. The number of amides is 1. The van der Waals surface area contributed by atoms with Gasteiger partial charge in [0, 0.05) is 25.2 Å². The van der Waals surface area contributed by atoms with Crippen LogP contribution >= 0.6 is 11.6 Å². The molecule has 160 valence electrons. The zero-order valence-corrected chi connectivity index (χ0v) is 18.1. The van der Waals surface area contributed by atoms with E-state index < -0.39 is 0 Å². The molecule has 7 heteroatoms. The van der Waals surface area contributed by atoms with Crippen LogP contribution in [0.4, 0.5) is 0 Å². The summed E-state index contributed by atoms with van der Waals surface area (Å²) in [5.74, 6) is 0.449. The van der Waals surface area contributed by atoms with Crippen molar-refractivity contribution < 1.29 is 19.1 Å². The Morgan fingerprint density at radius 3 is 2.60 bits per heavy atom. The second-order valence-corrected chi connectivity index (χ2v) is 7.62. The number of halogens is 1. The molecule has 0 atom stereocenters. The number of benzene rings is 2. The molecular formula is C23H27ClN2O4. The number of hydrogen-bond donors (Lipinski definition) is 1. The number of nitrogens with one attached hydrogen (secondary N) is 1. The van der Waals surface area contributed by atoms with Gasteiger partial charge in [-0.2, -0.15) is 0 Å². The minimum atomic E-state index is 0.0235. The van der Waals surface area contributed by atoms with Crippen molar-refractivity contribution in [1.29, 1.82) is 0 Å². The fourth-order valence-corrected chi connectivity index (χ4v) is 3.69. The van der Waals surface area contributed by atoms with E-state index in [9.17, 15) is 9.59 Å². The second-order valence-electron chi connectivity index (χ2n) is 7.24. The van der Waals surface area contributed by atoms with E-state index in [2.05, 4.69) is 5.32 Å². The average molecular weight is 431 g/mol. The van der Waals surface area contributed by atoms with E-state index in [1.807, 2.05) is 49.2 Å². The summed E-state index contributed by atoms with van der Waals surface area (Å²) < 4.78 is 11.0. The van der Waals surface area contributed by atoms with Crippen LogP contribution in [0.15, 0.2) is 30.3 Å². The molecule has 2 aromatic carbocycles. The fourth-order valence-electron chi connectivity index (χ4n) is 3.41. The van der Waals surface area contributed by atoms with Crippen molar-refractivity contribution in [2.24, 2.45) is 0 Å². The molecule has 6 nitrogen and oxygen atoms in total. The summed E-state index contributed by atoms with van der Waals surface area (Å²) >= 11 is 6.52. The molecule has 1 amide bonds. The third-order valence-electron chi connectivity index (χ3n) is 5.22. The summed E-state index contributed by atoms with van der Waals surface area (Å²) in [6.45, 7) is 5.41. The standard InChI is InChI=1S/C23H27ClN2O4/c1-16-19(14-20(15-27)22(21(16)24)30-10-7-25-2)13-17-3-5-18(6-4-17)23(28)26-8-11-29-12-9-26/h3-6,14-15,25H,7-13H2,1-2H3. The summed E-state index contributed by atoms with van der Waals surface area (Å²) in [6.07, 6.45) is 1.38. The fraction of sp³-hybridized carbons (Fsp3) is 0.391. The van der Waals surface area contributed by atoms with E-state index in [1.165, 1.54) is 0 Å². The van der Waals surface area contributed by atoms with Crippen LogP contribution in [0.3, 0.4) is 0 Å². The highest BCUT2D eigenvalue weighted by Crippen LogP contribution is 2.34. The lowest BCUT2D eigenvalue weighted by Gasteiger charge is -2.26. The SMILES string of the molecule is CNCCOc1c(C=O)cc(Cc2ccc(C(=O)N3CCOCC3)cc2)c(C)c1Cl. The molecule has 1 fully saturated rings. The van der Waals surface area contributed by atoms with Crippen LogP contribution in [0.25, 0.3) is 0 Å². The van der Waals surface area contributed by atoms with Crippen LogP contribution < -0.4 is 10.1 Å². The van der Waals surface area contributed by atoms with Gasteiger partial charge in [-0.25, -0.2) is 0 Å². The average Bonchev–Trinajstić information content (AvgIpc) is 2.79. The number of morpholine rings is 1. The van der Waals surface area contributed by atoms with E-state index >= 15 is 0 Å². The maximum absolute atomic E-state index is 12.6. The molecule has 0 radical (unpaired) electrons. The molecular weight excluding hydrogens is 404 g/mol. The molecule has 1 aliphatic rings. The Bertz CT molecular complexity index is 893. The molecule has 0 bridgehead atoms. The smallest absolute Gasteiger partial charge is 0.254 e. The molecule has 0 unspecified atom stereocenters. The largest absolute Gasteiger partial charge is 0.490 e. The van der Waals surface area contributed by atoms with Crippen molar-refractivity contribution in [1.82, 2.24) is 10.2 Å². The molecule has 1 N–H and O–H groups in total. The van der Waals surface area contributed by atoms with Crippen molar-refractivity contribution in [3.05, 3.63) is 63.2 Å². The molecule has 1 aliphatic heterocycles. The van der Waals surface area contributed by atoms with Crippen molar-refractivity contribution in [3.63, 3.8) is 0 Å². The van der Waals surface area contributed by atoms with Gasteiger partial charge in [-0.05, 0) is 55.3 Å². The Morgan fingerprint density at radius 1 is 1.27 bits per heavy atom. The third-order valence-corrected chi connectivity index (χ3v) is 5.68. The van der Waals surface area contributed by atoms with Gasteiger partial charge < -0.3 is 19.7 Å². The molecule has 0 aliphatic carbocycles. The first kappa shape index (κ1) is 22.3. The minimum Gasteiger partial charge on any atom is -0.490 e. The van der Waals surface area contributed by atoms with Gasteiger partial charge in [0.25, 0.3) is 5.91 Å². The predicted octanol–water partition coefficient (Wildman–Crippen LogP) is 3.12. The van der Waals surface area contributed by atoms with Gasteiger partial charge in [0.15, 0.2) is 6.29 Å². The highest BCUT2D eigenvalue weighted by Gasteiger charge is 2.19. The highest BCUT2D eigenvalue weighted by atomic mass is 35.5. The maximum atomic E-state index is 12.6. The number of hydrogen-bond acceptors (Lipinski definition) is 5. The van der Waals surface area contributed by atoms with Crippen molar-refractivity contribution in [2.75, 3.05) is 46.5 Å². The highest BCUT2D eigenvalue weighted by molar-refractivity contribution is 6.33. The lowest BCUT2D eigenvalue weighted by atomic mass is 9.97. The van der Waals surface area contributed by atoms with Gasteiger partial charge in [-0.1, -0.05) is 23.7 Å². The van der Waals surface area contributed by atoms with Crippen LogP contribution in [0, 0.1) is 6.92 Å². The minimum absolute atomic E-state index is 0.0235. The molecule has 3 rings (SSSR count). The summed E-state index contributed by atoms with van der Waals surface area (Å²) in [7, 11) is 1.83. The van der Waals surface area contributed by atoms with E-state index in [-0.39, 0.29) is 5.91 Å². The van der Waals surface area contributed by atoms with E-state index in [4.69, 9.17) is 21.1 Å². The Labute approximate surface area is 182 Å². The first-order valence-electron chi connectivity index (χ1n) is 10.1. The predicted molar refractivity (Wildman–Crippen MR) is 117 cm³/mol. The van der Waals surface area contributed by atoms with Crippen LogP contribution in [0.2, 0.25) is 5.02 Å². The summed E-state index contributed by atoms with van der Waals surface area (Å²) in [5.41, 5.74) is 3.98. The lowest BCUT2D eigenvalue weighted by Crippen LogP contribution is -2.40. The number of carbonyl (C=O) groups is 2. The summed E-state index contributed by atoms with van der Waals surface area (Å²) in [4.78, 5) is 26.0. The first-order chi connectivity index (χ1) is 14.5. The number of carbonyl (C=O) groups excluding carboxylic acids is 2. The molecule has 30 heavy (non-hydrogen) atoms. The summed E-state index contributed by atoms with van der Waals surface area (Å²) in [5, 5.41) is 3.46. The van der Waals surface area contributed by atoms with Gasteiger partial charge in [0.2, 0.25) is 0 Å². The van der Waals surface area contributed by atoms with Gasteiger partial charge in [0.1, 0.15) is 12.4 Å². The lowest BCUT2D eigenvalue weighted by molar-refractivity contribution is 0.0303. The molecule has 1 heterocycles. The van der Waals surface area contributed by atoms with E-state index in [0.717, 1.165) is 23.0 Å². The first-order valence-corrected chi connectivity index (χ1v) is 10.4. The normalized spacial score (nSPS) is 13.9. The van der Waals surface area contributed by atoms with E-state index in [0.29, 0.717) is 67.8 Å². The number of ether oxygens (including phenoxy) is 2. The summed E-state index contributed by atoms with van der Waals surface area (Å²) in [6, 6.07) is 9.41. The molecule has 1 saturated heterocycles. The van der Waals surface area contributed by atoms with Crippen LogP contribution in [0.5, 0.6) is 5.75 Å². The number of rotatable bonds is 8. The number of likely N-dealkylation sites (N-methyl/N-ethyl adjacent to an activating group) is 1. The zero-order chi connectivity index (χ0) is 21.5. The Balaban J connectivity index is 1.76. The Kier molecular flexibility index (Phi) is 7.85. The van der Waals surface area contributed by atoms with Crippen molar-refractivity contribution in [2.45, 2.75) is 13.3 Å². The van der Waals surface area contributed by atoms with Crippen molar-refractivity contribution in [3.8, 4) is 5.75 Å². The molecule has 0 spiro atoms. The Hall–Kier alpha value is -2.41. The second kappa shape index (κ2) is 10.6. The maximum Gasteiger partial charge on any atom is 0.254 e. The van der Waals surface area contributed by atoms with Gasteiger partial charge >= 0.3 is 0 Å². The van der Waals surface area contributed by atoms with Crippen LogP contribution in [-0.2, 0) is 11.2 Å². The topological polar surface area (TPSA) is 67.9 Å². The molecule has 0 saturated carbocycles. The van der Waals surface area contributed by atoms with Gasteiger partial charge in [-0.15, -0.1) is 0 Å². The molecule has 0 aromatic heterocycles. The van der Waals surface area contributed by atoms with Gasteiger partial charge in [0.05, 0.1) is 23.8 Å². The Morgan fingerprint density at radius 2 is 1.97 bits per heavy atom. The van der Waals surface area contributed by atoms with Crippen molar-refractivity contribution >= 4 is 23.8 Å². The zero-order valence-electron chi connectivity index (χ0n) is 17.4. The molecule has 2 aromatic rings. The number of aldehydes is 1. The van der Waals surface area contributed by atoms with Crippen LogP contribution in [-0.4, -0.2) is 63.6 Å². The monoisotopic (exact) mass is 430 g/mol. The van der Waals surface area contributed by atoms with Gasteiger partial charge in [-0.3, -0.25) is 9.59 Å².